The quantitative estimate of drug-likeness (QED) is 0.619. The van der Waals surface area contributed by atoms with Crippen molar-refractivity contribution in [1.29, 1.82) is 0 Å². The molecule has 1 aromatic rings. The van der Waals surface area contributed by atoms with Gasteiger partial charge in [0.05, 0.1) is 12.5 Å². The molecule has 0 saturated heterocycles. The summed E-state index contributed by atoms with van der Waals surface area (Å²) in [5.41, 5.74) is 1.82. The second kappa shape index (κ2) is 3.18. The lowest BCUT2D eigenvalue weighted by Crippen LogP contribution is -2.16. The summed E-state index contributed by atoms with van der Waals surface area (Å²) < 4.78 is 0. The van der Waals surface area contributed by atoms with Crippen LogP contribution in [0.2, 0.25) is 0 Å². The SMILES string of the molecule is O=C1CC(O)Cc2ccccc2N1. The molecule has 1 amide bonds. The van der Waals surface area contributed by atoms with Gasteiger partial charge >= 0.3 is 0 Å². The number of nitrogens with one attached hydrogen (secondary N) is 1. The monoisotopic (exact) mass is 177 g/mol. The molecular weight excluding hydrogens is 166 g/mol. The zero-order valence-electron chi connectivity index (χ0n) is 7.16. The third kappa shape index (κ3) is 1.70. The van der Waals surface area contributed by atoms with E-state index in [2.05, 4.69) is 5.32 Å². The van der Waals surface area contributed by atoms with Crippen molar-refractivity contribution in [2.75, 3.05) is 5.32 Å². The van der Waals surface area contributed by atoms with E-state index in [4.69, 9.17) is 0 Å². The highest BCUT2D eigenvalue weighted by Crippen LogP contribution is 2.21. The maximum atomic E-state index is 11.2. The van der Waals surface area contributed by atoms with Crippen LogP contribution in [0.1, 0.15) is 12.0 Å². The van der Waals surface area contributed by atoms with Gasteiger partial charge in [0.1, 0.15) is 0 Å². The van der Waals surface area contributed by atoms with Gasteiger partial charge in [-0.1, -0.05) is 18.2 Å². The molecule has 1 aliphatic heterocycles. The van der Waals surface area contributed by atoms with Gasteiger partial charge in [-0.3, -0.25) is 4.79 Å². The Morgan fingerprint density at radius 2 is 2.08 bits per heavy atom. The van der Waals surface area contributed by atoms with Crippen molar-refractivity contribution < 1.29 is 9.90 Å². The summed E-state index contributed by atoms with van der Waals surface area (Å²) >= 11 is 0. The minimum absolute atomic E-state index is 0.113. The molecule has 0 spiro atoms. The highest BCUT2D eigenvalue weighted by molar-refractivity contribution is 5.92. The van der Waals surface area contributed by atoms with E-state index < -0.39 is 6.10 Å². The van der Waals surface area contributed by atoms with Gasteiger partial charge < -0.3 is 10.4 Å². The number of hydrogen-bond acceptors (Lipinski definition) is 2. The Bertz CT molecular complexity index is 335. The fourth-order valence-corrected chi connectivity index (χ4v) is 1.56. The van der Waals surface area contributed by atoms with Crippen LogP contribution >= 0.6 is 0 Å². The number of amides is 1. The molecule has 0 saturated carbocycles. The molecule has 2 rings (SSSR count). The lowest BCUT2D eigenvalue weighted by atomic mass is 10.1. The van der Waals surface area contributed by atoms with Crippen LogP contribution in [0.3, 0.4) is 0 Å². The van der Waals surface area contributed by atoms with Crippen molar-refractivity contribution in [3.05, 3.63) is 29.8 Å². The highest BCUT2D eigenvalue weighted by atomic mass is 16.3. The standard InChI is InChI=1S/C10H11NO2/c12-8-5-7-3-1-2-4-9(7)11-10(13)6-8/h1-4,8,12H,5-6H2,(H,11,13). The number of aliphatic hydroxyl groups excluding tert-OH is 1. The first-order valence-electron chi connectivity index (χ1n) is 4.31. The molecule has 3 nitrogen and oxygen atoms in total. The van der Waals surface area contributed by atoms with E-state index >= 15 is 0 Å². The van der Waals surface area contributed by atoms with E-state index in [1.807, 2.05) is 24.3 Å². The van der Waals surface area contributed by atoms with Crippen LogP contribution in [-0.4, -0.2) is 17.1 Å². The predicted octanol–water partition coefficient (Wildman–Crippen LogP) is 0.932. The average Bonchev–Trinajstić information content (AvgIpc) is 2.20. The maximum absolute atomic E-state index is 11.2. The average molecular weight is 177 g/mol. The third-order valence-corrected chi connectivity index (χ3v) is 2.17. The molecule has 2 N–H and O–H groups in total. The number of carbonyl (C=O) groups is 1. The molecule has 1 aromatic carbocycles. The molecule has 1 heterocycles. The normalized spacial score (nSPS) is 21.6. The van der Waals surface area contributed by atoms with E-state index in [9.17, 15) is 9.90 Å². The molecular formula is C10H11NO2. The fourth-order valence-electron chi connectivity index (χ4n) is 1.56. The lowest BCUT2D eigenvalue weighted by Gasteiger charge is -2.05. The molecule has 1 unspecified atom stereocenters. The molecule has 68 valence electrons. The smallest absolute Gasteiger partial charge is 0.226 e. The van der Waals surface area contributed by atoms with Crippen LogP contribution in [0.4, 0.5) is 5.69 Å². The first kappa shape index (κ1) is 8.26. The summed E-state index contributed by atoms with van der Waals surface area (Å²) in [4.78, 5) is 11.2. The van der Waals surface area contributed by atoms with E-state index in [1.54, 1.807) is 0 Å². The molecule has 0 fully saturated rings. The van der Waals surface area contributed by atoms with Gasteiger partial charge in [-0.05, 0) is 11.6 Å². The lowest BCUT2D eigenvalue weighted by molar-refractivity contribution is -0.117. The van der Waals surface area contributed by atoms with Gasteiger partial charge in [-0.2, -0.15) is 0 Å². The summed E-state index contributed by atoms with van der Waals surface area (Å²) in [6.07, 6.45) is 0.187. The van der Waals surface area contributed by atoms with Crippen LogP contribution in [-0.2, 0) is 11.2 Å². The van der Waals surface area contributed by atoms with Crippen LogP contribution in [0, 0.1) is 0 Å². The largest absolute Gasteiger partial charge is 0.392 e. The summed E-state index contributed by atoms with van der Waals surface area (Å²) in [6.45, 7) is 0. The molecule has 0 aromatic heterocycles. The first-order chi connectivity index (χ1) is 6.25. The third-order valence-electron chi connectivity index (χ3n) is 2.17. The number of benzene rings is 1. The van der Waals surface area contributed by atoms with Gasteiger partial charge in [0, 0.05) is 12.1 Å². The second-order valence-electron chi connectivity index (χ2n) is 3.27. The summed E-state index contributed by atoms with van der Waals surface area (Å²) in [5.74, 6) is -0.113. The van der Waals surface area contributed by atoms with Crippen molar-refractivity contribution in [3.63, 3.8) is 0 Å². The Morgan fingerprint density at radius 1 is 1.31 bits per heavy atom. The van der Waals surface area contributed by atoms with E-state index in [-0.39, 0.29) is 12.3 Å². The topological polar surface area (TPSA) is 49.3 Å². The van der Waals surface area contributed by atoms with E-state index in [0.29, 0.717) is 6.42 Å². The molecule has 13 heavy (non-hydrogen) atoms. The number of hydrogen-bond donors (Lipinski definition) is 2. The van der Waals surface area contributed by atoms with Crippen molar-refractivity contribution in [2.45, 2.75) is 18.9 Å². The molecule has 1 aliphatic rings. The zero-order chi connectivity index (χ0) is 9.26. The zero-order valence-corrected chi connectivity index (χ0v) is 7.16. The second-order valence-corrected chi connectivity index (χ2v) is 3.27. The number of fused-ring (bicyclic) bond motifs is 1. The molecule has 0 radical (unpaired) electrons. The number of para-hydroxylation sites is 1. The van der Waals surface area contributed by atoms with E-state index in [0.717, 1.165) is 11.3 Å². The summed E-state index contributed by atoms with van der Waals surface area (Å²) in [7, 11) is 0. The number of rotatable bonds is 0. The Morgan fingerprint density at radius 3 is 2.92 bits per heavy atom. The Kier molecular flexibility index (Phi) is 2.02. The van der Waals surface area contributed by atoms with Gasteiger partial charge in [0.2, 0.25) is 5.91 Å². The Labute approximate surface area is 76.4 Å². The van der Waals surface area contributed by atoms with Gasteiger partial charge in [-0.25, -0.2) is 0 Å². The molecule has 0 bridgehead atoms. The molecule has 1 atom stereocenters. The summed E-state index contributed by atoms with van der Waals surface area (Å²) in [6, 6.07) is 7.55. The Balaban J connectivity index is 2.38. The number of anilines is 1. The van der Waals surface area contributed by atoms with Crippen molar-refractivity contribution >= 4 is 11.6 Å². The minimum Gasteiger partial charge on any atom is -0.392 e. The van der Waals surface area contributed by atoms with Crippen LogP contribution < -0.4 is 5.32 Å². The van der Waals surface area contributed by atoms with Crippen LogP contribution in [0.25, 0.3) is 0 Å². The van der Waals surface area contributed by atoms with Gasteiger partial charge in [0.15, 0.2) is 0 Å². The number of carbonyl (C=O) groups excluding carboxylic acids is 1. The van der Waals surface area contributed by atoms with E-state index in [1.165, 1.54) is 0 Å². The Hall–Kier alpha value is -1.35. The van der Waals surface area contributed by atoms with Gasteiger partial charge in [0.25, 0.3) is 0 Å². The molecule has 3 heteroatoms. The molecule has 0 aliphatic carbocycles. The summed E-state index contributed by atoms with van der Waals surface area (Å²) in [5, 5.41) is 12.2. The van der Waals surface area contributed by atoms with Crippen molar-refractivity contribution in [3.8, 4) is 0 Å². The van der Waals surface area contributed by atoms with Crippen LogP contribution in [0.5, 0.6) is 0 Å². The van der Waals surface area contributed by atoms with Crippen molar-refractivity contribution in [1.82, 2.24) is 0 Å². The minimum atomic E-state index is -0.552. The predicted molar refractivity (Wildman–Crippen MR) is 49.4 cm³/mol. The number of aliphatic hydroxyl groups is 1. The van der Waals surface area contributed by atoms with Crippen LogP contribution in [0.15, 0.2) is 24.3 Å². The fraction of sp³-hybridized carbons (Fsp3) is 0.300. The maximum Gasteiger partial charge on any atom is 0.226 e. The first-order valence-corrected chi connectivity index (χ1v) is 4.31. The highest BCUT2D eigenvalue weighted by Gasteiger charge is 2.18. The van der Waals surface area contributed by atoms with Crippen molar-refractivity contribution in [2.24, 2.45) is 0 Å². The van der Waals surface area contributed by atoms with Gasteiger partial charge in [-0.15, -0.1) is 0 Å².